The van der Waals surface area contributed by atoms with Crippen LogP contribution in [0.25, 0.3) is 22.2 Å². The van der Waals surface area contributed by atoms with Gasteiger partial charge in [-0.2, -0.15) is 0 Å². The third-order valence-corrected chi connectivity index (χ3v) is 6.33. The summed E-state index contributed by atoms with van der Waals surface area (Å²) in [5, 5.41) is 0.833. The van der Waals surface area contributed by atoms with E-state index in [1.54, 1.807) is 19.0 Å². The number of nitrogen functional groups attached to an aromatic ring is 1. The fourth-order valence-corrected chi connectivity index (χ4v) is 4.48. The van der Waals surface area contributed by atoms with Gasteiger partial charge in [0.05, 0.1) is 5.39 Å². The van der Waals surface area contributed by atoms with E-state index < -0.39 is 0 Å². The molecule has 1 saturated carbocycles. The van der Waals surface area contributed by atoms with Gasteiger partial charge >= 0.3 is 0 Å². The maximum Gasteiger partial charge on any atom is 0.225 e. The van der Waals surface area contributed by atoms with Crippen LogP contribution in [0.15, 0.2) is 67.1 Å². The van der Waals surface area contributed by atoms with E-state index in [9.17, 15) is 4.79 Å². The van der Waals surface area contributed by atoms with E-state index in [2.05, 4.69) is 20.7 Å². The molecule has 1 amide bonds. The van der Waals surface area contributed by atoms with Crippen molar-refractivity contribution >= 4 is 22.8 Å². The number of anilines is 1. The maximum atomic E-state index is 12.3. The molecule has 168 valence electrons. The van der Waals surface area contributed by atoms with E-state index in [1.165, 1.54) is 6.33 Å². The summed E-state index contributed by atoms with van der Waals surface area (Å²) in [5.74, 6) is 1.47. The molecule has 7 heteroatoms. The fraction of sp³-hybridized carbons (Fsp3) is 0.269. The van der Waals surface area contributed by atoms with E-state index in [4.69, 9.17) is 10.5 Å². The van der Waals surface area contributed by atoms with Crippen molar-refractivity contribution in [3.8, 4) is 16.9 Å². The lowest BCUT2D eigenvalue weighted by Crippen LogP contribution is -2.38. The number of carbonyl (C=O) groups excluding carboxylic acids is 1. The van der Waals surface area contributed by atoms with E-state index in [0.717, 1.165) is 46.3 Å². The van der Waals surface area contributed by atoms with Gasteiger partial charge in [-0.3, -0.25) is 4.79 Å². The fourth-order valence-electron chi connectivity index (χ4n) is 4.48. The summed E-state index contributed by atoms with van der Waals surface area (Å²) in [7, 11) is 3.61. The van der Waals surface area contributed by atoms with Crippen molar-refractivity contribution in [1.82, 2.24) is 19.4 Å². The highest BCUT2D eigenvalue weighted by Gasteiger charge is 2.37. The third kappa shape index (κ3) is 4.02. The average molecular weight is 442 g/mol. The molecule has 1 aliphatic carbocycles. The summed E-state index contributed by atoms with van der Waals surface area (Å²) in [6, 6.07) is 18.3. The van der Waals surface area contributed by atoms with E-state index in [-0.39, 0.29) is 17.9 Å². The van der Waals surface area contributed by atoms with Crippen LogP contribution in [-0.2, 0) is 11.4 Å². The Morgan fingerprint density at radius 1 is 1.12 bits per heavy atom. The molecular formula is C26H27N5O2. The van der Waals surface area contributed by atoms with Gasteiger partial charge in [0.25, 0.3) is 0 Å². The Bertz CT molecular complexity index is 1290. The van der Waals surface area contributed by atoms with Crippen molar-refractivity contribution < 1.29 is 9.53 Å². The van der Waals surface area contributed by atoms with Crippen molar-refractivity contribution in [3.63, 3.8) is 0 Å². The van der Waals surface area contributed by atoms with Crippen molar-refractivity contribution in [2.45, 2.75) is 25.5 Å². The number of rotatable bonds is 6. The predicted molar refractivity (Wildman–Crippen MR) is 129 cm³/mol. The number of hydrogen-bond donors (Lipinski definition) is 1. The van der Waals surface area contributed by atoms with Crippen LogP contribution in [0.4, 0.5) is 5.82 Å². The molecule has 7 nitrogen and oxygen atoms in total. The van der Waals surface area contributed by atoms with E-state index >= 15 is 0 Å². The van der Waals surface area contributed by atoms with Gasteiger partial charge in [0, 0.05) is 37.8 Å². The molecule has 0 radical (unpaired) electrons. The van der Waals surface area contributed by atoms with Crippen LogP contribution in [0.5, 0.6) is 5.75 Å². The standard InChI is InChI=1S/C26H27N5O2/c1-30(2)26(32)19-11-20(12-19)31-14-22(23-24(27)28-16-29-25(23)31)18-9-6-10-21(13-18)33-15-17-7-4-3-5-8-17/h3-10,13-14,16,19-20H,11-12,15H2,1-2H3,(H2,27,28,29)/t19-,20-. The minimum atomic E-state index is 0.0554. The van der Waals surface area contributed by atoms with Gasteiger partial charge in [-0.25, -0.2) is 9.97 Å². The lowest BCUT2D eigenvalue weighted by Gasteiger charge is -2.36. The summed E-state index contributed by atoms with van der Waals surface area (Å²) in [6.45, 7) is 0.501. The number of hydrogen-bond acceptors (Lipinski definition) is 5. The van der Waals surface area contributed by atoms with Gasteiger partial charge in [0.2, 0.25) is 5.91 Å². The first-order valence-electron chi connectivity index (χ1n) is 11.1. The number of aromatic nitrogens is 3. The highest BCUT2D eigenvalue weighted by molar-refractivity contribution is 6.00. The SMILES string of the molecule is CN(C)C(=O)[C@H]1C[C@H](n2cc(-c3cccc(OCc4ccccc4)c3)c3c(N)ncnc32)C1. The van der Waals surface area contributed by atoms with Crippen molar-refractivity contribution in [2.75, 3.05) is 19.8 Å². The molecule has 2 aromatic carbocycles. The Balaban J connectivity index is 1.45. The molecule has 2 heterocycles. The van der Waals surface area contributed by atoms with Crippen LogP contribution in [0.1, 0.15) is 24.4 Å². The number of fused-ring (bicyclic) bond motifs is 1. The van der Waals surface area contributed by atoms with Gasteiger partial charge in [-0.15, -0.1) is 0 Å². The van der Waals surface area contributed by atoms with Gasteiger partial charge in [-0.05, 0) is 36.1 Å². The molecule has 5 rings (SSSR count). The highest BCUT2D eigenvalue weighted by atomic mass is 16.5. The molecule has 0 spiro atoms. The van der Waals surface area contributed by atoms with Crippen LogP contribution < -0.4 is 10.5 Å². The molecule has 1 aliphatic rings. The molecule has 0 unspecified atom stereocenters. The second-order valence-electron chi connectivity index (χ2n) is 8.76. The number of benzene rings is 2. The Labute approximate surface area is 192 Å². The smallest absolute Gasteiger partial charge is 0.225 e. The lowest BCUT2D eigenvalue weighted by molar-refractivity contribution is -0.136. The summed E-state index contributed by atoms with van der Waals surface area (Å²) >= 11 is 0. The van der Waals surface area contributed by atoms with Crippen molar-refractivity contribution in [1.29, 1.82) is 0 Å². The topological polar surface area (TPSA) is 86.3 Å². The second-order valence-corrected chi connectivity index (χ2v) is 8.76. The minimum absolute atomic E-state index is 0.0554. The first-order valence-corrected chi connectivity index (χ1v) is 11.1. The first kappa shape index (κ1) is 21.0. The van der Waals surface area contributed by atoms with Crippen LogP contribution in [-0.4, -0.2) is 39.4 Å². The third-order valence-electron chi connectivity index (χ3n) is 6.33. The second kappa shape index (κ2) is 8.58. The maximum absolute atomic E-state index is 12.3. The van der Waals surface area contributed by atoms with Crippen LogP contribution in [0, 0.1) is 5.92 Å². The predicted octanol–water partition coefficient (Wildman–Crippen LogP) is 4.30. The minimum Gasteiger partial charge on any atom is -0.489 e. The molecule has 0 aliphatic heterocycles. The van der Waals surface area contributed by atoms with E-state index in [1.807, 2.05) is 54.6 Å². The summed E-state index contributed by atoms with van der Waals surface area (Å²) in [4.78, 5) is 22.7. The van der Waals surface area contributed by atoms with Crippen molar-refractivity contribution in [3.05, 3.63) is 72.7 Å². The Morgan fingerprint density at radius 2 is 1.91 bits per heavy atom. The monoisotopic (exact) mass is 441 g/mol. The number of ether oxygens (including phenoxy) is 1. The summed E-state index contributed by atoms with van der Waals surface area (Å²) in [5.41, 5.74) is 10.2. The number of carbonyl (C=O) groups is 1. The van der Waals surface area contributed by atoms with Gasteiger partial charge in [-0.1, -0.05) is 42.5 Å². The van der Waals surface area contributed by atoms with Crippen LogP contribution >= 0.6 is 0 Å². The first-order chi connectivity index (χ1) is 16.0. The quantitative estimate of drug-likeness (QED) is 0.482. The van der Waals surface area contributed by atoms with Crippen LogP contribution in [0.2, 0.25) is 0 Å². The lowest BCUT2D eigenvalue weighted by atomic mass is 9.79. The molecule has 2 N–H and O–H groups in total. The Hall–Kier alpha value is -3.87. The van der Waals surface area contributed by atoms with Gasteiger partial charge in [0.15, 0.2) is 0 Å². The highest BCUT2D eigenvalue weighted by Crippen LogP contribution is 2.43. The van der Waals surface area contributed by atoms with Crippen molar-refractivity contribution in [2.24, 2.45) is 5.92 Å². The number of amides is 1. The Morgan fingerprint density at radius 3 is 2.67 bits per heavy atom. The molecular weight excluding hydrogens is 414 g/mol. The summed E-state index contributed by atoms with van der Waals surface area (Å²) < 4.78 is 8.19. The Kier molecular flexibility index (Phi) is 5.46. The molecule has 4 aromatic rings. The molecule has 1 fully saturated rings. The zero-order valence-corrected chi connectivity index (χ0v) is 18.8. The average Bonchev–Trinajstić information content (AvgIpc) is 3.18. The summed E-state index contributed by atoms with van der Waals surface area (Å²) in [6.07, 6.45) is 5.18. The number of nitrogens with zero attached hydrogens (tertiary/aromatic N) is 4. The zero-order valence-electron chi connectivity index (χ0n) is 18.8. The zero-order chi connectivity index (χ0) is 22.9. The molecule has 0 bridgehead atoms. The normalized spacial score (nSPS) is 17.5. The largest absolute Gasteiger partial charge is 0.489 e. The molecule has 0 atom stereocenters. The number of nitrogens with two attached hydrogens (primary N) is 1. The van der Waals surface area contributed by atoms with Crippen LogP contribution in [0.3, 0.4) is 0 Å². The van der Waals surface area contributed by atoms with E-state index in [0.29, 0.717) is 12.4 Å². The molecule has 0 saturated heterocycles. The van der Waals surface area contributed by atoms with Gasteiger partial charge < -0.3 is 19.9 Å². The van der Waals surface area contributed by atoms with Gasteiger partial charge in [0.1, 0.15) is 30.1 Å². The molecule has 33 heavy (non-hydrogen) atoms. The molecule has 2 aromatic heterocycles.